The van der Waals surface area contributed by atoms with E-state index in [1.54, 1.807) is 0 Å². The Morgan fingerprint density at radius 1 is 0.515 bits per heavy atom. The van der Waals surface area contributed by atoms with Crippen molar-refractivity contribution >= 4 is 31.5 Å². The van der Waals surface area contributed by atoms with E-state index in [0.717, 1.165) is 6.61 Å². The summed E-state index contributed by atoms with van der Waals surface area (Å²) < 4.78 is 5.98. The van der Waals surface area contributed by atoms with Crippen LogP contribution in [0.5, 0.6) is 0 Å². The van der Waals surface area contributed by atoms with Gasteiger partial charge in [-0.3, -0.25) is 0 Å². The van der Waals surface area contributed by atoms with Crippen molar-refractivity contribution in [2.45, 2.75) is 64.6 Å². The molecule has 0 aliphatic carbocycles. The molecule has 3 aromatic carbocycles. The summed E-state index contributed by atoms with van der Waals surface area (Å²) in [6.45, 7) is 7.77. The molecule has 0 unspecified atom stereocenters. The van der Waals surface area contributed by atoms with Crippen LogP contribution in [0.25, 0.3) is 0 Å². The predicted octanol–water partition coefficient (Wildman–Crippen LogP) is 7.56. The first-order chi connectivity index (χ1) is 16.0. The van der Waals surface area contributed by atoms with Crippen LogP contribution in [0, 0.1) is 0 Å². The van der Waals surface area contributed by atoms with Crippen molar-refractivity contribution < 1.29 is 4.43 Å². The minimum Gasteiger partial charge on any atom is -0.418 e. The Morgan fingerprint density at radius 2 is 0.879 bits per heavy atom. The van der Waals surface area contributed by atoms with Gasteiger partial charge in [-0.2, -0.15) is 0 Å². The monoisotopic (exact) mass is 477 g/mol. The van der Waals surface area contributed by atoms with E-state index in [-0.39, 0.29) is 0 Å². The maximum Gasteiger partial charge on any atom is 0.183 e. The standard InChI is InChI=1S/C30H42OPSi/c1-33(2,3)31-26-18-7-5-4-6-8-19-27-32(28-20-12-9-13-21-28,29-22-14-10-15-23-29)30-24-16-11-17-25-30/h9-17,20-25H,4-8,18-19,26-27H2,1-3H3/q+1. The van der Waals surface area contributed by atoms with Crippen LogP contribution in [0.4, 0.5) is 0 Å². The van der Waals surface area contributed by atoms with Crippen molar-refractivity contribution in [3.63, 3.8) is 0 Å². The van der Waals surface area contributed by atoms with E-state index in [9.17, 15) is 0 Å². The molecule has 0 aromatic heterocycles. The van der Waals surface area contributed by atoms with E-state index in [1.807, 2.05) is 0 Å². The van der Waals surface area contributed by atoms with Crippen molar-refractivity contribution in [2.75, 3.05) is 12.8 Å². The fourth-order valence-electron chi connectivity index (χ4n) is 4.60. The van der Waals surface area contributed by atoms with Gasteiger partial charge in [-0.1, -0.05) is 80.3 Å². The van der Waals surface area contributed by atoms with Crippen LogP contribution in [0.3, 0.4) is 0 Å². The zero-order valence-electron chi connectivity index (χ0n) is 20.9. The van der Waals surface area contributed by atoms with Crippen molar-refractivity contribution in [1.82, 2.24) is 0 Å². The molecule has 0 spiro atoms. The molecule has 0 radical (unpaired) electrons. The molecule has 0 bridgehead atoms. The summed E-state index contributed by atoms with van der Waals surface area (Å²) >= 11 is 0. The average Bonchev–Trinajstić information content (AvgIpc) is 2.84. The molecule has 176 valence electrons. The lowest BCUT2D eigenvalue weighted by Gasteiger charge is -2.27. The maximum atomic E-state index is 5.98. The van der Waals surface area contributed by atoms with Crippen LogP contribution >= 0.6 is 7.26 Å². The molecule has 0 N–H and O–H groups in total. The van der Waals surface area contributed by atoms with Crippen molar-refractivity contribution in [3.05, 3.63) is 91.0 Å². The number of benzene rings is 3. The van der Waals surface area contributed by atoms with Crippen LogP contribution in [0.15, 0.2) is 91.0 Å². The molecular weight excluding hydrogens is 435 g/mol. The van der Waals surface area contributed by atoms with E-state index in [0.29, 0.717) is 0 Å². The Morgan fingerprint density at radius 3 is 1.27 bits per heavy atom. The predicted molar refractivity (Wildman–Crippen MR) is 152 cm³/mol. The lowest BCUT2D eigenvalue weighted by molar-refractivity contribution is 0.298. The third-order valence-corrected chi connectivity index (χ3v) is 11.9. The summed E-state index contributed by atoms with van der Waals surface area (Å²) in [6.07, 6.45) is 10.4. The molecule has 3 heteroatoms. The van der Waals surface area contributed by atoms with Gasteiger partial charge in [0, 0.05) is 6.61 Å². The van der Waals surface area contributed by atoms with Gasteiger partial charge in [0.25, 0.3) is 0 Å². The summed E-state index contributed by atoms with van der Waals surface area (Å²) in [6, 6.07) is 33.8. The van der Waals surface area contributed by atoms with Crippen LogP contribution in [-0.2, 0) is 4.43 Å². The van der Waals surface area contributed by atoms with Gasteiger partial charge in [0.15, 0.2) is 8.32 Å². The highest BCUT2D eigenvalue weighted by atomic mass is 31.2. The Hall–Kier alpha value is -1.73. The van der Waals surface area contributed by atoms with E-state index in [2.05, 4.69) is 111 Å². The van der Waals surface area contributed by atoms with Gasteiger partial charge in [0.05, 0.1) is 6.16 Å². The molecule has 1 nitrogen and oxygen atoms in total. The Balaban J connectivity index is 1.62. The smallest absolute Gasteiger partial charge is 0.183 e. The van der Waals surface area contributed by atoms with Gasteiger partial charge in [-0.25, -0.2) is 0 Å². The first kappa shape index (κ1) is 25.9. The molecule has 0 saturated heterocycles. The second-order valence-corrected chi connectivity index (χ2v) is 18.1. The van der Waals surface area contributed by atoms with Gasteiger partial charge in [-0.15, -0.1) is 0 Å². The molecule has 33 heavy (non-hydrogen) atoms. The minimum atomic E-state index is -1.65. The summed E-state index contributed by atoms with van der Waals surface area (Å²) in [4.78, 5) is 0. The Labute approximate surface area is 204 Å². The van der Waals surface area contributed by atoms with E-state index in [1.165, 1.54) is 67.0 Å². The summed E-state index contributed by atoms with van der Waals surface area (Å²) in [5.74, 6) is 0. The zero-order valence-corrected chi connectivity index (χ0v) is 22.8. The normalized spacial score (nSPS) is 12.1. The fraction of sp³-hybridized carbons (Fsp3) is 0.400. The van der Waals surface area contributed by atoms with E-state index < -0.39 is 15.6 Å². The topological polar surface area (TPSA) is 9.23 Å². The first-order valence-electron chi connectivity index (χ1n) is 12.7. The highest BCUT2D eigenvalue weighted by molar-refractivity contribution is 7.95. The molecule has 3 aromatic rings. The molecule has 0 aliphatic rings. The number of unbranched alkanes of at least 4 members (excludes halogenated alkanes) is 6. The van der Waals surface area contributed by atoms with Crippen molar-refractivity contribution in [3.8, 4) is 0 Å². The Kier molecular flexibility index (Phi) is 10.4. The molecule has 0 aliphatic heterocycles. The molecule has 0 heterocycles. The van der Waals surface area contributed by atoms with E-state index in [4.69, 9.17) is 4.43 Å². The van der Waals surface area contributed by atoms with Crippen LogP contribution in [0.1, 0.15) is 44.9 Å². The quantitative estimate of drug-likeness (QED) is 0.132. The third-order valence-electron chi connectivity index (χ3n) is 6.26. The molecule has 0 amide bonds. The van der Waals surface area contributed by atoms with Gasteiger partial charge < -0.3 is 4.43 Å². The van der Waals surface area contributed by atoms with E-state index >= 15 is 0 Å². The molecule has 3 rings (SSSR count). The van der Waals surface area contributed by atoms with Crippen molar-refractivity contribution in [2.24, 2.45) is 0 Å². The van der Waals surface area contributed by atoms with Gasteiger partial charge in [0.1, 0.15) is 23.2 Å². The molecular formula is C30H42OPSi+. The largest absolute Gasteiger partial charge is 0.418 e. The summed E-state index contributed by atoms with van der Waals surface area (Å²) in [5.41, 5.74) is 0. The number of hydrogen-bond donors (Lipinski definition) is 0. The third kappa shape index (κ3) is 7.92. The SMILES string of the molecule is C[Si](C)(C)OCCCCCCCCC[P+](c1ccccc1)(c1ccccc1)c1ccccc1. The molecule has 0 fully saturated rings. The average molecular weight is 478 g/mol. The highest BCUT2D eigenvalue weighted by Gasteiger charge is 2.44. The van der Waals surface area contributed by atoms with Crippen LogP contribution in [-0.4, -0.2) is 21.1 Å². The first-order valence-corrected chi connectivity index (χ1v) is 18.1. The van der Waals surface area contributed by atoms with Crippen LogP contribution < -0.4 is 15.9 Å². The van der Waals surface area contributed by atoms with Crippen LogP contribution in [0.2, 0.25) is 19.6 Å². The lowest BCUT2D eigenvalue weighted by atomic mass is 10.1. The number of hydrogen-bond acceptors (Lipinski definition) is 1. The Bertz CT molecular complexity index is 810. The van der Waals surface area contributed by atoms with Crippen molar-refractivity contribution in [1.29, 1.82) is 0 Å². The molecule has 0 saturated carbocycles. The second-order valence-electron chi connectivity index (χ2n) is 9.98. The minimum absolute atomic E-state index is 0.952. The van der Waals surface area contributed by atoms with Gasteiger partial charge >= 0.3 is 0 Å². The van der Waals surface area contributed by atoms with Gasteiger partial charge in [-0.05, 0) is 75.3 Å². The number of rotatable bonds is 14. The molecule has 0 atom stereocenters. The zero-order chi connectivity index (χ0) is 23.4. The highest BCUT2D eigenvalue weighted by Crippen LogP contribution is 2.55. The summed E-state index contributed by atoms with van der Waals surface area (Å²) in [5, 5.41) is 4.51. The fourth-order valence-corrected chi connectivity index (χ4v) is 9.76. The maximum absolute atomic E-state index is 5.98. The van der Waals surface area contributed by atoms with Gasteiger partial charge in [0.2, 0.25) is 0 Å². The summed E-state index contributed by atoms with van der Waals surface area (Å²) in [7, 11) is -2.99. The lowest BCUT2D eigenvalue weighted by Crippen LogP contribution is -2.33. The second kappa shape index (κ2) is 13.2.